The summed E-state index contributed by atoms with van der Waals surface area (Å²) in [5, 5.41) is 12.3. The van der Waals surface area contributed by atoms with E-state index in [2.05, 4.69) is 0 Å². The Kier molecular flexibility index (Phi) is 4.25. The molecule has 0 aliphatic carbocycles. The summed E-state index contributed by atoms with van der Waals surface area (Å²) < 4.78 is 37.6. The number of amides is 1. The molecule has 20 heavy (non-hydrogen) atoms. The van der Waals surface area contributed by atoms with Gasteiger partial charge in [0, 0.05) is 11.8 Å². The lowest BCUT2D eigenvalue weighted by Crippen LogP contribution is -2.59. The van der Waals surface area contributed by atoms with Crippen molar-refractivity contribution in [1.82, 2.24) is 0 Å². The second-order valence-electron chi connectivity index (χ2n) is 4.08. The third kappa shape index (κ3) is 3.17. The zero-order chi connectivity index (χ0) is 15.7. The lowest BCUT2D eigenvalue weighted by Gasteiger charge is -2.26. The maximum Gasteiger partial charge on any atom is 0.415 e. The van der Waals surface area contributed by atoms with Gasteiger partial charge in [-0.05, 0) is 19.1 Å². The zero-order valence-electron chi connectivity index (χ0n) is 9.99. The van der Waals surface area contributed by atoms with Crippen molar-refractivity contribution in [2.75, 3.05) is 5.32 Å². The monoisotopic (exact) mass is 311 g/mol. The Hall–Kier alpha value is -1.87. The minimum absolute atomic E-state index is 0.209. The van der Waals surface area contributed by atoms with E-state index >= 15 is 0 Å². The summed E-state index contributed by atoms with van der Waals surface area (Å²) in [7, 11) is 0. The van der Waals surface area contributed by atoms with Gasteiger partial charge in [0.1, 0.15) is 5.02 Å². The Morgan fingerprint density at radius 2 is 2.00 bits per heavy atom. The van der Waals surface area contributed by atoms with Gasteiger partial charge >= 0.3 is 6.18 Å². The molecule has 0 aliphatic heterocycles. The highest BCUT2D eigenvalue weighted by Crippen LogP contribution is 2.31. The first kappa shape index (κ1) is 16.2. The first-order valence-corrected chi connectivity index (χ1v) is 5.45. The number of nitro benzene ring substituents is 1. The van der Waals surface area contributed by atoms with E-state index in [1.165, 1.54) is 0 Å². The van der Waals surface area contributed by atoms with Crippen LogP contribution in [0.25, 0.3) is 0 Å². The molecule has 0 saturated heterocycles. The summed E-state index contributed by atoms with van der Waals surface area (Å²) in [5.41, 5.74) is 1.03. The Morgan fingerprint density at radius 1 is 1.45 bits per heavy atom. The standard InChI is InChI=1S/C10H9ClF3N3O3/c1-9(15,10(12,13)14)8(18)16-5-2-3-6(11)7(4-5)17(19)20/h2-4H,15H2,1H3,(H,16,18). The number of hydrogen-bond donors (Lipinski definition) is 2. The van der Waals surface area contributed by atoms with Crippen LogP contribution in [0.3, 0.4) is 0 Å². The Balaban J connectivity index is 3.03. The normalized spacial score (nSPS) is 14.5. The van der Waals surface area contributed by atoms with Gasteiger partial charge < -0.3 is 11.1 Å². The first-order chi connectivity index (χ1) is 8.96. The largest absolute Gasteiger partial charge is 0.415 e. The molecule has 0 aliphatic rings. The number of halogens is 4. The lowest BCUT2D eigenvalue weighted by molar-refractivity contribution is -0.384. The van der Waals surface area contributed by atoms with Gasteiger partial charge in [0.15, 0.2) is 5.54 Å². The third-order valence-corrected chi connectivity index (χ3v) is 2.78. The highest BCUT2D eigenvalue weighted by Gasteiger charge is 2.54. The van der Waals surface area contributed by atoms with Crippen LogP contribution in [0.4, 0.5) is 24.5 Å². The number of nitrogens with one attached hydrogen (secondary N) is 1. The number of alkyl halides is 3. The highest BCUT2D eigenvalue weighted by molar-refractivity contribution is 6.32. The highest BCUT2D eigenvalue weighted by atomic mass is 35.5. The number of rotatable bonds is 3. The molecule has 0 spiro atoms. The average Bonchev–Trinajstić information content (AvgIpc) is 2.29. The fourth-order valence-corrected chi connectivity index (χ4v) is 1.31. The van der Waals surface area contributed by atoms with E-state index in [1.54, 1.807) is 0 Å². The topological polar surface area (TPSA) is 98.3 Å². The van der Waals surface area contributed by atoms with E-state index in [9.17, 15) is 28.1 Å². The van der Waals surface area contributed by atoms with E-state index in [0.717, 1.165) is 18.2 Å². The van der Waals surface area contributed by atoms with Gasteiger partial charge in [0.25, 0.3) is 11.6 Å². The summed E-state index contributed by atoms with van der Waals surface area (Å²) in [6.07, 6.45) is -4.96. The van der Waals surface area contributed by atoms with Crippen molar-refractivity contribution < 1.29 is 22.9 Å². The Labute approximate surface area is 115 Å². The number of nitrogens with two attached hydrogens (primary N) is 1. The van der Waals surface area contributed by atoms with Crippen LogP contribution < -0.4 is 11.1 Å². The molecule has 3 N–H and O–H groups in total. The fourth-order valence-electron chi connectivity index (χ4n) is 1.12. The second-order valence-corrected chi connectivity index (χ2v) is 4.48. The van der Waals surface area contributed by atoms with E-state index in [4.69, 9.17) is 17.3 Å². The maximum atomic E-state index is 12.5. The molecule has 1 aromatic carbocycles. The van der Waals surface area contributed by atoms with Gasteiger partial charge in [-0.3, -0.25) is 14.9 Å². The predicted molar refractivity (Wildman–Crippen MR) is 65.4 cm³/mol. The van der Waals surface area contributed by atoms with Crippen LogP contribution >= 0.6 is 11.6 Å². The molecule has 1 rings (SSSR count). The summed E-state index contributed by atoms with van der Waals surface area (Å²) in [5.74, 6) is -1.54. The van der Waals surface area contributed by atoms with Crippen molar-refractivity contribution in [3.63, 3.8) is 0 Å². The molecule has 1 amide bonds. The van der Waals surface area contributed by atoms with E-state index in [-0.39, 0.29) is 10.7 Å². The number of carbonyl (C=O) groups excluding carboxylic acids is 1. The minimum Gasteiger partial charge on any atom is -0.324 e. The molecule has 1 aromatic rings. The minimum atomic E-state index is -4.96. The van der Waals surface area contributed by atoms with Crippen LogP contribution in [0, 0.1) is 10.1 Å². The molecule has 1 unspecified atom stereocenters. The van der Waals surface area contributed by atoms with Crippen LogP contribution in [0.5, 0.6) is 0 Å². The first-order valence-electron chi connectivity index (χ1n) is 5.08. The second kappa shape index (κ2) is 5.25. The molecular formula is C10H9ClF3N3O3. The maximum absolute atomic E-state index is 12.5. The van der Waals surface area contributed by atoms with Crippen molar-refractivity contribution in [3.8, 4) is 0 Å². The third-order valence-electron chi connectivity index (χ3n) is 2.46. The van der Waals surface area contributed by atoms with Crippen molar-refractivity contribution in [1.29, 1.82) is 0 Å². The number of anilines is 1. The fraction of sp³-hybridized carbons (Fsp3) is 0.300. The SMILES string of the molecule is CC(N)(C(=O)Nc1ccc(Cl)c([N+](=O)[O-])c1)C(F)(F)F. The molecule has 0 saturated carbocycles. The van der Waals surface area contributed by atoms with Crippen molar-refractivity contribution >= 4 is 28.9 Å². The molecule has 0 fully saturated rings. The van der Waals surface area contributed by atoms with Crippen LogP contribution in [0.15, 0.2) is 18.2 Å². The molecule has 1 atom stereocenters. The number of carbonyl (C=O) groups is 1. The summed E-state index contributed by atoms with van der Waals surface area (Å²) in [6, 6.07) is 3.04. The summed E-state index contributed by atoms with van der Waals surface area (Å²) in [4.78, 5) is 21.3. The molecule has 0 heterocycles. The lowest BCUT2D eigenvalue weighted by atomic mass is 10.0. The van der Waals surface area contributed by atoms with Gasteiger partial charge in [0.2, 0.25) is 0 Å². The molecular weight excluding hydrogens is 303 g/mol. The van der Waals surface area contributed by atoms with Gasteiger partial charge in [-0.2, -0.15) is 13.2 Å². The van der Waals surface area contributed by atoms with Crippen molar-refractivity contribution in [3.05, 3.63) is 33.3 Å². The van der Waals surface area contributed by atoms with Crippen LogP contribution in [-0.4, -0.2) is 22.5 Å². The number of hydrogen-bond acceptors (Lipinski definition) is 4. The zero-order valence-corrected chi connectivity index (χ0v) is 10.7. The van der Waals surface area contributed by atoms with Gasteiger partial charge in [0.05, 0.1) is 4.92 Å². The molecule has 110 valence electrons. The average molecular weight is 312 g/mol. The van der Waals surface area contributed by atoms with E-state index in [0.29, 0.717) is 6.92 Å². The quantitative estimate of drug-likeness (QED) is 0.661. The van der Waals surface area contributed by atoms with Crippen LogP contribution in [0.1, 0.15) is 6.92 Å². The Morgan fingerprint density at radius 3 is 2.45 bits per heavy atom. The smallest absolute Gasteiger partial charge is 0.324 e. The Bertz CT molecular complexity index is 560. The molecule has 0 radical (unpaired) electrons. The van der Waals surface area contributed by atoms with Crippen molar-refractivity contribution in [2.45, 2.75) is 18.6 Å². The van der Waals surface area contributed by atoms with Crippen LogP contribution in [0.2, 0.25) is 5.02 Å². The van der Waals surface area contributed by atoms with Gasteiger partial charge in [-0.1, -0.05) is 11.6 Å². The molecule has 6 nitrogen and oxygen atoms in total. The number of nitrogens with zero attached hydrogens (tertiary/aromatic N) is 1. The number of nitro groups is 1. The van der Waals surface area contributed by atoms with E-state index in [1.807, 2.05) is 5.32 Å². The summed E-state index contributed by atoms with van der Waals surface area (Å²) in [6.45, 7) is 0.493. The molecule has 0 bridgehead atoms. The summed E-state index contributed by atoms with van der Waals surface area (Å²) >= 11 is 5.53. The predicted octanol–water partition coefficient (Wildman–Crippen LogP) is 2.47. The van der Waals surface area contributed by atoms with Gasteiger partial charge in [-0.15, -0.1) is 0 Å². The van der Waals surface area contributed by atoms with E-state index < -0.39 is 28.2 Å². The molecule has 10 heteroatoms. The van der Waals surface area contributed by atoms with Crippen molar-refractivity contribution in [2.24, 2.45) is 5.73 Å². The van der Waals surface area contributed by atoms with Gasteiger partial charge in [-0.25, -0.2) is 0 Å². The van der Waals surface area contributed by atoms with Crippen LogP contribution in [-0.2, 0) is 4.79 Å². The molecule has 0 aromatic heterocycles. The number of benzene rings is 1.